The summed E-state index contributed by atoms with van der Waals surface area (Å²) in [6.07, 6.45) is 7.40. The molecule has 1 fully saturated rings. The van der Waals surface area contributed by atoms with Crippen LogP contribution in [0.2, 0.25) is 5.02 Å². The second-order valence-corrected chi connectivity index (χ2v) is 11.1. The van der Waals surface area contributed by atoms with Gasteiger partial charge in [-0.2, -0.15) is 0 Å². The summed E-state index contributed by atoms with van der Waals surface area (Å²) in [5.74, 6) is 2.79. The summed E-state index contributed by atoms with van der Waals surface area (Å²) in [6.45, 7) is 1.18. The Kier molecular flexibility index (Phi) is 7.36. The minimum Gasteiger partial charge on any atom is -0.388 e. The Bertz CT molecular complexity index is 1200. The molecule has 2 aliphatic rings. The lowest BCUT2D eigenvalue weighted by Gasteiger charge is -2.50. The van der Waals surface area contributed by atoms with Crippen molar-refractivity contribution in [1.82, 2.24) is 4.90 Å². The van der Waals surface area contributed by atoms with Gasteiger partial charge >= 0.3 is 0 Å². The molecule has 2 atom stereocenters. The van der Waals surface area contributed by atoms with Crippen LogP contribution in [0.3, 0.4) is 0 Å². The first kappa shape index (κ1) is 26.8. The molecular formula is C26H32ClF2N6P. The van der Waals surface area contributed by atoms with Gasteiger partial charge in [-0.05, 0) is 59.9 Å². The van der Waals surface area contributed by atoms with E-state index in [0.717, 1.165) is 48.4 Å². The maximum atomic E-state index is 15.1. The number of nitrogens with one attached hydrogen (secondary N) is 1. The van der Waals surface area contributed by atoms with Gasteiger partial charge in [-0.1, -0.05) is 32.8 Å². The largest absolute Gasteiger partial charge is 0.388 e. The summed E-state index contributed by atoms with van der Waals surface area (Å²) in [5.41, 5.74) is 19.7. The molecule has 0 amide bonds. The number of hydrogen-bond acceptors (Lipinski definition) is 5. The van der Waals surface area contributed by atoms with E-state index in [1.807, 2.05) is 39.6 Å². The molecule has 2 heterocycles. The Morgan fingerprint density at radius 2 is 1.78 bits per heavy atom. The van der Waals surface area contributed by atoms with Gasteiger partial charge in [0, 0.05) is 47.9 Å². The Hall–Kier alpha value is -2.27. The van der Waals surface area contributed by atoms with Crippen LogP contribution in [0.15, 0.2) is 36.4 Å². The summed E-state index contributed by atoms with van der Waals surface area (Å²) in [5, 5.41) is 5.82. The fourth-order valence-corrected chi connectivity index (χ4v) is 5.74. The zero-order valence-corrected chi connectivity index (χ0v) is 21.9. The van der Waals surface area contributed by atoms with Crippen molar-refractivity contribution in [2.75, 3.05) is 37.8 Å². The highest BCUT2D eigenvalue weighted by Gasteiger charge is 2.49. The molecule has 0 aromatic heterocycles. The number of likely N-dealkylation sites (tertiary alicyclic amines) is 1. The fraction of sp³-hybridized carbons (Fsp3) is 0.423. The third-order valence-electron chi connectivity index (χ3n) is 7.56. The van der Waals surface area contributed by atoms with Crippen molar-refractivity contribution >= 4 is 38.1 Å². The summed E-state index contributed by atoms with van der Waals surface area (Å²) >= 11 is 6.50. The number of hydrogen-bond donors (Lipinski definition) is 4. The molecule has 2 aromatic rings. The van der Waals surface area contributed by atoms with Crippen LogP contribution in [0.1, 0.15) is 36.0 Å². The van der Waals surface area contributed by atoms with Crippen LogP contribution in [-0.4, -0.2) is 49.0 Å². The number of benzene rings is 2. The summed E-state index contributed by atoms with van der Waals surface area (Å²) in [4.78, 5) is 4.31. The van der Waals surface area contributed by atoms with Crippen LogP contribution in [-0.2, 0) is 11.1 Å². The number of amidine groups is 1. The van der Waals surface area contributed by atoms with Crippen molar-refractivity contribution < 1.29 is 8.78 Å². The SMILES string of the molecule is C#CCN1CCC2(CC1)c1cc(Cl)ccc1N(CCC(=N)N)c1ccc(C(N)(N)C(F)(P)CF)cc12. The zero-order chi connectivity index (χ0) is 26.3. The maximum Gasteiger partial charge on any atom is 0.186 e. The van der Waals surface area contributed by atoms with Crippen LogP contribution in [0, 0.1) is 17.8 Å². The standard InChI is InChI=1S/C26H32ClF2N6P/c1-2-10-34-12-8-24(9-13-34)19-14-17(26(32,33)25(29,36)16-28)3-5-21(19)35(11-7-23(30)31)22-6-4-18(27)15-20(22)24/h1,3-6,14-15H,7-13,16,32-33,36H2,(H3,30,31). The van der Waals surface area contributed by atoms with Crippen molar-refractivity contribution in [2.45, 2.75) is 35.8 Å². The van der Waals surface area contributed by atoms with Crippen molar-refractivity contribution in [3.63, 3.8) is 0 Å². The highest BCUT2D eigenvalue weighted by molar-refractivity contribution is 7.18. The van der Waals surface area contributed by atoms with Gasteiger partial charge in [0.2, 0.25) is 0 Å². The minimum absolute atomic E-state index is 0.0719. The first-order valence-electron chi connectivity index (χ1n) is 11.8. The monoisotopic (exact) mass is 532 g/mol. The summed E-state index contributed by atoms with van der Waals surface area (Å²) in [6, 6.07) is 11.1. The topological polar surface area (TPSA) is 108 Å². The molecule has 2 aromatic carbocycles. The van der Waals surface area contributed by atoms with Gasteiger partial charge in [0.1, 0.15) is 12.3 Å². The van der Waals surface area contributed by atoms with E-state index in [1.54, 1.807) is 6.07 Å². The van der Waals surface area contributed by atoms with Gasteiger partial charge in [0.25, 0.3) is 0 Å². The molecule has 7 N–H and O–H groups in total. The minimum atomic E-state index is -2.55. The molecule has 1 spiro atoms. The molecule has 1 saturated heterocycles. The van der Waals surface area contributed by atoms with E-state index in [2.05, 4.69) is 15.7 Å². The molecular weight excluding hydrogens is 501 g/mol. The highest BCUT2D eigenvalue weighted by atomic mass is 35.5. The number of nitrogens with two attached hydrogens (primary N) is 3. The zero-order valence-electron chi connectivity index (χ0n) is 20.0. The Morgan fingerprint density at radius 3 is 2.36 bits per heavy atom. The Labute approximate surface area is 218 Å². The second-order valence-electron chi connectivity index (χ2n) is 9.75. The second kappa shape index (κ2) is 9.89. The smallest absolute Gasteiger partial charge is 0.186 e. The summed E-state index contributed by atoms with van der Waals surface area (Å²) in [7, 11) is 1.82. The molecule has 0 aliphatic carbocycles. The third kappa shape index (κ3) is 4.49. The number of rotatable bonds is 7. The summed E-state index contributed by atoms with van der Waals surface area (Å²) < 4.78 is 28.7. The Balaban J connectivity index is 1.93. The van der Waals surface area contributed by atoms with E-state index in [9.17, 15) is 4.39 Å². The lowest BCUT2D eigenvalue weighted by Crippen LogP contribution is -2.60. The van der Waals surface area contributed by atoms with Crippen LogP contribution < -0.4 is 22.1 Å². The van der Waals surface area contributed by atoms with Crippen molar-refractivity contribution in [1.29, 1.82) is 5.41 Å². The predicted molar refractivity (Wildman–Crippen MR) is 146 cm³/mol. The molecule has 4 rings (SSSR count). The molecule has 10 heteroatoms. The molecule has 6 nitrogen and oxygen atoms in total. The van der Waals surface area contributed by atoms with Gasteiger partial charge in [-0.3, -0.25) is 10.3 Å². The number of anilines is 2. The fourth-order valence-electron chi connectivity index (χ4n) is 5.40. The average molecular weight is 533 g/mol. The van der Waals surface area contributed by atoms with Crippen molar-refractivity contribution in [3.8, 4) is 12.3 Å². The number of halogens is 3. The van der Waals surface area contributed by atoms with Crippen LogP contribution in [0.25, 0.3) is 0 Å². The quantitative estimate of drug-likeness (QED) is 0.143. The van der Waals surface area contributed by atoms with Gasteiger partial charge in [0.05, 0.1) is 12.4 Å². The lowest BCUT2D eigenvalue weighted by atomic mass is 9.64. The number of terminal acetylenes is 1. The third-order valence-corrected chi connectivity index (χ3v) is 8.42. The molecule has 2 unspecified atom stereocenters. The molecule has 36 heavy (non-hydrogen) atoms. The van der Waals surface area contributed by atoms with Crippen LogP contribution in [0.5, 0.6) is 0 Å². The number of fused-ring (bicyclic) bond motifs is 4. The molecule has 0 saturated carbocycles. The van der Waals surface area contributed by atoms with Crippen molar-refractivity contribution in [2.24, 2.45) is 17.2 Å². The molecule has 2 aliphatic heterocycles. The average Bonchev–Trinajstić information content (AvgIpc) is 2.85. The van der Waals surface area contributed by atoms with E-state index in [0.29, 0.717) is 30.1 Å². The van der Waals surface area contributed by atoms with Crippen LogP contribution >= 0.6 is 20.8 Å². The van der Waals surface area contributed by atoms with Gasteiger partial charge in [0.15, 0.2) is 5.41 Å². The number of piperidine rings is 1. The molecule has 0 bridgehead atoms. The lowest BCUT2D eigenvalue weighted by molar-refractivity contribution is 0.118. The predicted octanol–water partition coefficient (Wildman–Crippen LogP) is 3.71. The van der Waals surface area contributed by atoms with Gasteiger partial charge < -0.3 is 22.1 Å². The first-order chi connectivity index (χ1) is 17.0. The molecule has 0 radical (unpaired) electrons. The highest BCUT2D eigenvalue weighted by Crippen LogP contribution is 2.55. The van der Waals surface area contributed by atoms with Gasteiger partial charge in [-0.25, -0.2) is 8.78 Å². The van der Waals surface area contributed by atoms with E-state index >= 15 is 4.39 Å². The van der Waals surface area contributed by atoms with Gasteiger partial charge in [-0.15, -0.1) is 6.42 Å². The van der Waals surface area contributed by atoms with Crippen molar-refractivity contribution in [3.05, 3.63) is 58.1 Å². The maximum absolute atomic E-state index is 15.1. The van der Waals surface area contributed by atoms with E-state index in [4.69, 9.17) is 40.6 Å². The van der Waals surface area contributed by atoms with E-state index in [1.165, 1.54) is 0 Å². The molecule has 192 valence electrons. The Morgan fingerprint density at radius 1 is 1.17 bits per heavy atom. The van der Waals surface area contributed by atoms with Crippen LogP contribution in [0.4, 0.5) is 20.2 Å². The first-order valence-corrected chi connectivity index (χ1v) is 12.7. The number of alkyl halides is 2. The normalized spacial score (nSPS) is 18.8. The number of nitrogens with zero attached hydrogens (tertiary/aromatic N) is 2. The van der Waals surface area contributed by atoms with E-state index < -0.39 is 23.2 Å². The van der Waals surface area contributed by atoms with E-state index in [-0.39, 0.29) is 5.84 Å².